The molecule has 3 aromatic carbocycles. The minimum atomic E-state index is 0.0312. The van der Waals surface area contributed by atoms with E-state index in [0.717, 1.165) is 42.1 Å². The molecule has 0 radical (unpaired) electrons. The summed E-state index contributed by atoms with van der Waals surface area (Å²) >= 11 is 3.03. The first-order valence-corrected chi connectivity index (χ1v) is 11.0. The summed E-state index contributed by atoms with van der Waals surface area (Å²) < 4.78 is 5.01. The molecule has 0 amide bonds. The number of thioether (sulfide) groups is 1. The van der Waals surface area contributed by atoms with Crippen LogP contribution in [-0.4, -0.2) is 30.8 Å². The van der Waals surface area contributed by atoms with Crippen molar-refractivity contribution in [1.82, 2.24) is 19.2 Å². The Balaban J connectivity index is 1.40. The molecule has 0 bridgehead atoms. The fourth-order valence-electron chi connectivity index (χ4n) is 3.83. The Morgan fingerprint density at radius 2 is 1.45 bits per heavy atom. The van der Waals surface area contributed by atoms with Gasteiger partial charge in [-0.15, -0.1) is 10.2 Å². The topological polar surface area (TPSA) is 52.2 Å². The predicted molar refractivity (Wildman–Crippen MR) is 119 cm³/mol. The normalized spacial score (nSPS) is 11.9. The lowest BCUT2D eigenvalue weighted by atomic mass is 10.2. The van der Waals surface area contributed by atoms with Gasteiger partial charge in [-0.05, 0) is 24.3 Å². The molecule has 0 saturated carbocycles. The van der Waals surface area contributed by atoms with E-state index in [1.54, 1.807) is 11.3 Å². The van der Waals surface area contributed by atoms with E-state index in [0.29, 0.717) is 0 Å². The molecule has 0 aliphatic rings. The largest absolute Gasteiger partial charge is 0.279 e. The first-order valence-electron chi connectivity index (χ1n) is 9.18. The first kappa shape index (κ1) is 16.8. The summed E-state index contributed by atoms with van der Waals surface area (Å²) in [5, 5.41) is 11.5. The molecule has 0 unspecified atom stereocenters. The lowest BCUT2D eigenvalue weighted by Crippen LogP contribution is -2.13. The van der Waals surface area contributed by atoms with Crippen molar-refractivity contribution in [3.05, 3.63) is 72.8 Å². The molecule has 0 saturated heterocycles. The highest BCUT2D eigenvalue weighted by Crippen LogP contribution is 2.31. The number of carbonyl (C=O) groups is 1. The molecule has 3 heterocycles. The monoisotopic (exact) mass is 414 g/mol. The number of benzene rings is 3. The summed E-state index contributed by atoms with van der Waals surface area (Å²) in [6.45, 7) is 0. The van der Waals surface area contributed by atoms with E-state index in [-0.39, 0.29) is 11.7 Å². The van der Waals surface area contributed by atoms with E-state index in [1.165, 1.54) is 11.8 Å². The van der Waals surface area contributed by atoms with Gasteiger partial charge in [0.2, 0.25) is 10.9 Å². The van der Waals surface area contributed by atoms with Crippen molar-refractivity contribution in [2.24, 2.45) is 0 Å². The third-order valence-corrected chi connectivity index (χ3v) is 6.99. The van der Waals surface area contributed by atoms with Gasteiger partial charge in [0.1, 0.15) is 0 Å². The van der Waals surface area contributed by atoms with Gasteiger partial charge in [0, 0.05) is 10.8 Å². The number of fused-ring (bicyclic) bond motifs is 6. The number of aromatic nitrogens is 4. The molecule has 6 rings (SSSR count). The predicted octanol–water partition coefficient (Wildman–Crippen LogP) is 5.48. The maximum absolute atomic E-state index is 13.3. The summed E-state index contributed by atoms with van der Waals surface area (Å²) in [4.78, 5) is 14.1. The third-order valence-electron chi connectivity index (χ3n) is 5.07. The van der Waals surface area contributed by atoms with Crippen LogP contribution in [0.4, 0.5) is 0 Å². The van der Waals surface area contributed by atoms with Gasteiger partial charge in [-0.2, -0.15) is 0 Å². The van der Waals surface area contributed by atoms with Crippen LogP contribution in [0.2, 0.25) is 0 Å². The smallest absolute Gasteiger partial charge is 0.242 e. The molecule has 0 atom stereocenters. The van der Waals surface area contributed by atoms with E-state index in [2.05, 4.69) is 34.5 Å². The molecule has 5 nitrogen and oxygen atoms in total. The molecular weight excluding hydrogens is 400 g/mol. The summed E-state index contributed by atoms with van der Waals surface area (Å²) in [7, 11) is 0. The molecule has 0 spiro atoms. The van der Waals surface area contributed by atoms with Gasteiger partial charge in [-0.3, -0.25) is 13.8 Å². The molecular formula is C22H14N4OS2. The molecule has 140 valence electrons. The van der Waals surface area contributed by atoms with E-state index >= 15 is 0 Å². The summed E-state index contributed by atoms with van der Waals surface area (Å²) in [6, 6.07) is 24.2. The Hall–Kier alpha value is -3.16. The number of para-hydroxylation sites is 3. The van der Waals surface area contributed by atoms with E-state index in [1.807, 2.05) is 57.5 Å². The molecule has 3 aromatic heterocycles. The zero-order chi connectivity index (χ0) is 19.4. The zero-order valence-electron chi connectivity index (χ0n) is 15.1. The highest BCUT2D eigenvalue weighted by molar-refractivity contribution is 7.99. The van der Waals surface area contributed by atoms with Crippen molar-refractivity contribution >= 4 is 66.0 Å². The molecule has 6 aromatic rings. The zero-order valence-corrected chi connectivity index (χ0v) is 16.8. The van der Waals surface area contributed by atoms with Gasteiger partial charge >= 0.3 is 0 Å². The molecule has 29 heavy (non-hydrogen) atoms. The number of hydrogen-bond acceptors (Lipinski definition) is 5. The molecule has 7 heteroatoms. The van der Waals surface area contributed by atoms with Crippen molar-refractivity contribution in [3.8, 4) is 0 Å². The fourth-order valence-corrected chi connectivity index (χ4v) is 5.65. The highest BCUT2D eigenvalue weighted by Gasteiger charge is 2.18. The summed E-state index contributed by atoms with van der Waals surface area (Å²) in [5.74, 6) is 0.317. The fraction of sp³-hybridized carbons (Fsp3) is 0.0455. The average molecular weight is 415 g/mol. The van der Waals surface area contributed by atoms with Gasteiger partial charge in [0.05, 0.1) is 27.0 Å². The van der Waals surface area contributed by atoms with Crippen molar-refractivity contribution in [2.45, 2.75) is 5.16 Å². The number of hydrogen-bond donors (Lipinski definition) is 0. The van der Waals surface area contributed by atoms with Crippen LogP contribution in [0.5, 0.6) is 0 Å². The average Bonchev–Trinajstić information content (AvgIpc) is 3.42. The Morgan fingerprint density at radius 1 is 0.828 bits per heavy atom. The second-order valence-corrected chi connectivity index (χ2v) is 8.67. The number of nitrogens with zero attached hydrogens (tertiary/aromatic N) is 4. The molecule has 0 aliphatic heterocycles. The van der Waals surface area contributed by atoms with Crippen LogP contribution in [0.3, 0.4) is 0 Å². The minimum Gasteiger partial charge on any atom is -0.279 e. The van der Waals surface area contributed by atoms with Gasteiger partial charge in [-0.25, -0.2) is 0 Å². The van der Waals surface area contributed by atoms with Crippen LogP contribution < -0.4 is 0 Å². The molecule has 0 aliphatic carbocycles. The quantitative estimate of drug-likeness (QED) is 0.360. The summed E-state index contributed by atoms with van der Waals surface area (Å²) in [5.41, 5.74) is 2.95. The molecule has 0 N–H and O–H groups in total. The summed E-state index contributed by atoms with van der Waals surface area (Å²) in [6.07, 6.45) is 0. The number of thiazole rings is 1. The lowest BCUT2D eigenvalue weighted by Gasteiger charge is -2.05. The van der Waals surface area contributed by atoms with E-state index in [9.17, 15) is 4.79 Å². The Labute approximate surface area is 173 Å². The Kier molecular flexibility index (Phi) is 3.72. The minimum absolute atomic E-state index is 0.0312. The van der Waals surface area contributed by atoms with Gasteiger partial charge in [-0.1, -0.05) is 71.6 Å². The Bertz CT molecular complexity index is 1490. The van der Waals surface area contributed by atoms with Crippen molar-refractivity contribution in [2.75, 3.05) is 5.75 Å². The van der Waals surface area contributed by atoms with Crippen LogP contribution in [0.1, 0.15) is 4.79 Å². The Morgan fingerprint density at radius 3 is 2.17 bits per heavy atom. The van der Waals surface area contributed by atoms with Gasteiger partial charge in [0.25, 0.3) is 0 Å². The van der Waals surface area contributed by atoms with Gasteiger partial charge in [0.15, 0.2) is 5.16 Å². The third kappa shape index (κ3) is 2.51. The van der Waals surface area contributed by atoms with Crippen LogP contribution in [0.15, 0.2) is 78.0 Å². The second-order valence-electron chi connectivity index (χ2n) is 6.72. The van der Waals surface area contributed by atoms with Crippen molar-refractivity contribution in [1.29, 1.82) is 0 Å². The highest BCUT2D eigenvalue weighted by atomic mass is 32.2. The number of carbonyl (C=O) groups excluding carboxylic acids is 1. The van der Waals surface area contributed by atoms with E-state index < -0.39 is 0 Å². The lowest BCUT2D eigenvalue weighted by molar-refractivity contribution is 0.0951. The van der Waals surface area contributed by atoms with Crippen LogP contribution in [0.25, 0.3) is 37.0 Å². The maximum atomic E-state index is 13.3. The molecule has 0 fully saturated rings. The van der Waals surface area contributed by atoms with Gasteiger partial charge < -0.3 is 0 Å². The van der Waals surface area contributed by atoms with Crippen molar-refractivity contribution < 1.29 is 4.79 Å². The standard InChI is InChI=1S/C22H14N4OS2/c27-20(25-16-9-3-1-7-14(16)15-8-2-4-10-17(15)25)13-28-21-23-24-22-26(21)18-11-5-6-12-19(18)29-22/h1-12H,13H2. The van der Waals surface area contributed by atoms with E-state index in [4.69, 9.17) is 0 Å². The SMILES string of the molecule is O=C(CSc1nnc2sc3ccccc3n12)n1c2ccccc2c2ccccc21. The van der Waals surface area contributed by atoms with Crippen LogP contribution in [0, 0.1) is 0 Å². The number of rotatable bonds is 3. The first-order chi connectivity index (χ1) is 14.3. The van der Waals surface area contributed by atoms with Crippen LogP contribution >= 0.6 is 23.1 Å². The van der Waals surface area contributed by atoms with Crippen LogP contribution in [-0.2, 0) is 0 Å². The van der Waals surface area contributed by atoms with Crippen molar-refractivity contribution in [3.63, 3.8) is 0 Å². The maximum Gasteiger partial charge on any atom is 0.242 e. The second kappa shape index (κ2) is 6.43.